The van der Waals surface area contributed by atoms with Crippen LogP contribution in [-0.4, -0.2) is 31.7 Å². The minimum absolute atomic E-state index is 0.221. The van der Waals surface area contributed by atoms with Crippen LogP contribution in [0.15, 0.2) is 30.9 Å². The van der Waals surface area contributed by atoms with Crippen LogP contribution in [0.1, 0.15) is 5.56 Å². The third-order valence-corrected chi connectivity index (χ3v) is 2.54. The molecule has 0 amide bonds. The molecule has 1 aromatic carbocycles. The number of nitrogen functional groups attached to an aromatic ring is 1. The molecule has 3 nitrogen and oxygen atoms in total. The maximum absolute atomic E-state index is 13.3. The predicted octanol–water partition coefficient (Wildman–Crippen LogP) is 2.04. The van der Waals surface area contributed by atoms with Gasteiger partial charge in [0.25, 0.3) is 0 Å². The smallest absolute Gasteiger partial charge is 0.146 e. The summed E-state index contributed by atoms with van der Waals surface area (Å²) in [5.41, 5.74) is 6.71. The molecule has 0 fully saturated rings. The van der Waals surface area contributed by atoms with Gasteiger partial charge in [0.1, 0.15) is 5.82 Å². The van der Waals surface area contributed by atoms with E-state index in [1.807, 2.05) is 12.1 Å². The number of benzene rings is 1. The van der Waals surface area contributed by atoms with E-state index in [1.165, 1.54) is 6.07 Å². The quantitative estimate of drug-likeness (QED) is 0.583. The van der Waals surface area contributed by atoms with Gasteiger partial charge in [-0.3, -0.25) is 4.90 Å². The summed E-state index contributed by atoms with van der Waals surface area (Å²) in [6.07, 6.45) is 1.81. The molecule has 94 valence electrons. The Kier molecular flexibility index (Phi) is 5.66. The van der Waals surface area contributed by atoms with Crippen LogP contribution < -0.4 is 5.73 Å². The van der Waals surface area contributed by atoms with E-state index >= 15 is 0 Å². The largest absolute Gasteiger partial charge is 0.396 e. The SMILES string of the molecule is C=CCN(CCOC)Cc1cccc(F)c1N. The zero-order chi connectivity index (χ0) is 12.7. The van der Waals surface area contributed by atoms with E-state index in [-0.39, 0.29) is 11.5 Å². The Morgan fingerprint density at radius 2 is 2.29 bits per heavy atom. The summed E-state index contributed by atoms with van der Waals surface area (Å²) >= 11 is 0. The Morgan fingerprint density at radius 1 is 1.53 bits per heavy atom. The lowest BCUT2D eigenvalue weighted by Crippen LogP contribution is -2.27. The number of hydrogen-bond acceptors (Lipinski definition) is 3. The summed E-state index contributed by atoms with van der Waals surface area (Å²) in [6, 6.07) is 4.87. The summed E-state index contributed by atoms with van der Waals surface area (Å²) in [4.78, 5) is 2.10. The average Bonchev–Trinajstić information content (AvgIpc) is 2.32. The minimum atomic E-state index is -0.368. The highest BCUT2D eigenvalue weighted by Gasteiger charge is 2.09. The van der Waals surface area contributed by atoms with E-state index in [0.29, 0.717) is 13.2 Å². The number of nitrogens with zero attached hydrogens (tertiary/aromatic N) is 1. The maximum Gasteiger partial charge on any atom is 0.146 e. The zero-order valence-electron chi connectivity index (χ0n) is 10.2. The Bertz CT molecular complexity index is 368. The normalized spacial score (nSPS) is 10.8. The summed E-state index contributed by atoms with van der Waals surface area (Å²) in [5.74, 6) is -0.368. The fraction of sp³-hybridized carbons (Fsp3) is 0.385. The Balaban J connectivity index is 2.70. The molecule has 0 saturated carbocycles. The van der Waals surface area contributed by atoms with Crippen molar-refractivity contribution in [2.24, 2.45) is 0 Å². The standard InChI is InChI=1S/C13H19FN2O/c1-3-7-16(8-9-17-2)10-11-5-4-6-12(14)13(11)15/h3-6H,1,7-10,15H2,2H3. The lowest BCUT2D eigenvalue weighted by Gasteiger charge is -2.21. The van der Waals surface area contributed by atoms with Crippen molar-refractivity contribution in [2.75, 3.05) is 32.5 Å². The first-order valence-corrected chi connectivity index (χ1v) is 5.54. The van der Waals surface area contributed by atoms with E-state index < -0.39 is 0 Å². The lowest BCUT2D eigenvalue weighted by atomic mass is 10.1. The van der Waals surface area contributed by atoms with Crippen molar-refractivity contribution in [3.8, 4) is 0 Å². The molecule has 0 radical (unpaired) electrons. The number of nitrogens with two attached hydrogens (primary N) is 1. The summed E-state index contributed by atoms with van der Waals surface area (Å²) in [6.45, 7) is 6.41. The third kappa shape index (κ3) is 4.17. The van der Waals surface area contributed by atoms with Crippen LogP contribution in [0.5, 0.6) is 0 Å². The molecule has 1 rings (SSSR count). The number of methoxy groups -OCH3 is 1. The average molecular weight is 238 g/mol. The van der Waals surface area contributed by atoms with Gasteiger partial charge in [-0.05, 0) is 11.6 Å². The van der Waals surface area contributed by atoms with Crippen molar-refractivity contribution in [3.05, 3.63) is 42.2 Å². The second-order valence-corrected chi connectivity index (χ2v) is 3.83. The second-order valence-electron chi connectivity index (χ2n) is 3.83. The summed E-state index contributed by atoms with van der Waals surface area (Å²) in [7, 11) is 1.66. The van der Waals surface area contributed by atoms with E-state index in [9.17, 15) is 4.39 Å². The van der Waals surface area contributed by atoms with Crippen LogP contribution in [0.2, 0.25) is 0 Å². The third-order valence-electron chi connectivity index (χ3n) is 2.54. The van der Waals surface area contributed by atoms with Crippen LogP contribution in [0.4, 0.5) is 10.1 Å². The van der Waals surface area contributed by atoms with E-state index in [2.05, 4.69) is 11.5 Å². The van der Waals surface area contributed by atoms with Crippen LogP contribution in [-0.2, 0) is 11.3 Å². The monoisotopic (exact) mass is 238 g/mol. The van der Waals surface area contributed by atoms with Gasteiger partial charge in [0, 0.05) is 26.7 Å². The van der Waals surface area contributed by atoms with Gasteiger partial charge in [0.15, 0.2) is 0 Å². The molecule has 0 spiro atoms. The fourth-order valence-corrected chi connectivity index (χ4v) is 1.60. The first-order chi connectivity index (χ1) is 8.19. The predicted molar refractivity (Wildman–Crippen MR) is 68.2 cm³/mol. The fourth-order valence-electron chi connectivity index (χ4n) is 1.60. The molecule has 0 saturated heterocycles. The summed E-state index contributed by atoms with van der Waals surface area (Å²) < 4.78 is 18.3. The maximum atomic E-state index is 13.3. The van der Waals surface area contributed by atoms with E-state index in [1.54, 1.807) is 13.2 Å². The number of halogens is 1. The molecule has 0 bridgehead atoms. The highest BCUT2D eigenvalue weighted by Crippen LogP contribution is 2.17. The highest BCUT2D eigenvalue weighted by molar-refractivity contribution is 5.47. The van der Waals surface area contributed by atoms with Gasteiger partial charge in [-0.1, -0.05) is 18.2 Å². The Hall–Kier alpha value is -1.39. The second kappa shape index (κ2) is 7.04. The minimum Gasteiger partial charge on any atom is -0.396 e. The first-order valence-electron chi connectivity index (χ1n) is 5.54. The topological polar surface area (TPSA) is 38.5 Å². The molecule has 0 aromatic heterocycles. The summed E-state index contributed by atoms with van der Waals surface area (Å²) in [5, 5.41) is 0. The van der Waals surface area contributed by atoms with Gasteiger partial charge in [0.05, 0.1) is 12.3 Å². The van der Waals surface area contributed by atoms with Gasteiger partial charge >= 0.3 is 0 Å². The molecule has 17 heavy (non-hydrogen) atoms. The van der Waals surface area contributed by atoms with Gasteiger partial charge < -0.3 is 10.5 Å². The van der Waals surface area contributed by atoms with E-state index in [4.69, 9.17) is 10.5 Å². The van der Waals surface area contributed by atoms with Crippen molar-refractivity contribution in [3.63, 3.8) is 0 Å². The molecular formula is C13H19FN2O. The van der Waals surface area contributed by atoms with Crippen molar-refractivity contribution < 1.29 is 9.13 Å². The molecule has 2 N–H and O–H groups in total. The molecule has 4 heteroatoms. The number of hydrogen-bond donors (Lipinski definition) is 1. The van der Waals surface area contributed by atoms with Crippen molar-refractivity contribution in [1.82, 2.24) is 4.90 Å². The highest BCUT2D eigenvalue weighted by atomic mass is 19.1. The van der Waals surface area contributed by atoms with Crippen LogP contribution in [0.3, 0.4) is 0 Å². The Morgan fingerprint density at radius 3 is 2.94 bits per heavy atom. The van der Waals surface area contributed by atoms with Crippen molar-refractivity contribution >= 4 is 5.69 Å². The molecule has 0 heterocycles. The van der Waals surface area contributed by atoms with Crippen LogP contribution in [0, 0.1) is 5.82 Å². The molecule has 0 aliphatic rings. The molecule has 0 unspecified atom stereocenters. The van der Waals surface area contributed by atoms with Gasteiger partial charge in [-0.15, -0.1) is 6.58 Å². The first kappa shape index (κ1) is 13.7. The van der Waals surface area contributed by atoms with Crippen LogP contribution >= 0.6 is 0 Å². The number of anilines is 1. The number of ether oxygens (including phenoxy) is 1. The zero-order valence-corrected chi connectivity index (χ0v) is 10.2. The van der Waals surface area contributed by atoms with E-state index in [0.717, 1.165) is 18.7 Å². The molecule has 1 aromatic rings. The molecule has 0 aliphatic carbocycles. The van der Waals surface area contributed by atoms with Gasteiger partial charge in [0.2, 0.25) is 0 Å². The van der Waals surface area contributed by atoms with Crippen molar-refractivity contribution in [1.29, 1.82) is 0 Å². The molecular weight excluding hydrogens is 219 g/mol. The number of para-hydroxylation sites is 1. The molecule has 0 atom stereocenters. The van der Waals surface area contributed by atoms with Gasteiger partial charge in [-0.25, -0.2) is 4.39 Å². The lowest BCUT2D eigenvalue weighted by molar-refractivity contribution is 0.151. The number of rotatable bonds is 7. The van der Waals surface area contributed by atoms with Crippen molar-refractivity contribution in [2.45, 2.75) is 6.54 Å². The molecule has 0 aliphatic heterocycles. The Labute approximate surface area is 102 Å². The van der Waals surface area contributed by atoms with Gasteiger partial charge in [-0.2, -0.15) is 0 Å². The van der Waals surface area contributed by atoms with Crippen LogP contribution in [0.25, 0.3) is 0 Å².